The number of anilines is 1. The summed E-state index contributed by atoms with van der Waals surface area (Å²) in [5.74, 6) is -0.0132. The van der Waals surface area contributed by atoms with Crippen molar-refractivity contribution < 1.29 is 9.90 Å². The molecule has 2 fully saturated rings. The molecule has 1 aromatic carbocycles. The van der Waals surface area contributed by atoms with Crippen LogP contribution < -0.4 is 5.73 Å². The lowest BCUT2D eigenvalue weighted by Gasteiger charge is -2.12. The Morgan fingerprint density at radius 2 is 2.12 bits per heavy atom. The second-order valence-corrected chi connectivity index (χ2v) is 5.50. The Morgan fingerprint density at radius 1 is 1.41 bits per heavy atom. The molecule has 3 heteroatoms. The van der Waals surface area contributed by atoms with E-state index in [0.717, 1.165) is 24.1 Å². The molecular weight excluding hydrogens is 214 g/mol. The lowest BCUT2D eigenvalue weighted by Crippen LogP contribution is -2.17. The first kappa shape index (κ1) is 10.6. The van der Waals surface area contributed by atoms with Crippen LogP contribution in [-0.2, 0) is 11.2 Å². The lowest BCUT2D eigenvalue weighted by atomic mass is 9.94. The summed E-state index contributed by atoms with van der Waals surface area (Å²) in [6.45, 7) is 0. The quantitative estimate of drug-likeness (QED) is 0.783. The van der Waals surface area contributed by atoms with Gasteiger partial charge in [-0.15, -0.1) is 0 Å². The first-order chi connectivity index (χ1) is 8.11. The largest absolute Gasteiger partial charge is 0.481 e. The Morgan fingerprint density at radius 3 is 2.59 bits per heavy atom. The van der Waals surface area contributed by atoms with Gasteiger partial charge in [0, 0.05) is 5.69 Å². The third kappa shape index (κ3) is 1.90. The average molecular weight is 231 g/mol. The molecular formula is C14H17NO2. The lowest BCUT2D eigenvalue weighted by molar-refractivity contribution is -0.143. The number of nitrogens with two attached hydrogens (primary N) is 1. The van der Waals surface area contributed by atoms with Gasteiger partial charge in [0.15, 0.2) is 0 Å². The van der Waals surface area contributed by atoms with E-state index in [0.29, 0.717) is 12.3 Å². The normalized spacial score (nSPS) is 21.2. The van der Waals surface area contributed by atoms with Crippen LogP contribution in [0.4, 0.5) is 5.69 Å². The van der Waals surface area contributed by atoms with Crippen molar-refractivity contribution in [2.75, 3.05) is 5.73 Å². The molecule has 3 rings (SSSR count). The van der Waals surface area contributed by atoms with Crippen molar-refractivity contribution in [3.8, 4) is 0 Å². The number of carboxylic acid groups (broad SMARTS) is 1. The predicted molar refractivity (Wildman–Crippen MR) is 65.8 cm³/mol. The smallest absolute Gasteiger partial charge is 0.309 e. The van der Waals surface area contributed by atoms with Crippen molar-refractivity contribution >= 4 is 11.7 Å². The van der Waals surface area contributed by atoms with Gasteiger partial charge in [-0.3, -0.25) is 4.79 Å². The number of rotatable bonds is 4. The Labute approximate surface area is 101 Å². The highest BCUT2D eigenvalue weighted by Crippen LogP contribution is 2.49. The summed E-state index contributed by atoms with van der Waals surface area (Å²) in [6.07, 6.45) is 4.70. The van der Waals surface area contributed by atoms with E-state index < -0.39 is 11.4 Å². The van der Waals surface area contributed by atoms with Crippen molar-refractivity contribution in [2.24, 2.45) is 5.41 Å². The number of hydrogen-bond donors (Lipinski definition) is 2. The van der Waals surface area contributed by atoms with E-state index >= 15 is 0 Å². The number of aliphatic carboxylic acids is 1. The topological polar surface area (TPSA) is 63.3 Å². The van der Waals surface area contributed by atoms with E-state index in [9.17, 15) is 4.79 Å². The molecule has 0 radical (unpaired) electrons. The summed E-state index contributed by atoms with van der Waals surface area (Å²) in [4.78, 5) is 11.1. The van der Waals surface area contributed by atoms with Gasteiger partial charge >= 0.3 is 5.97 Å². The second kappa shape index (κ2) is 3.49. The van der Waals surface area contributed by atoms with Crippen LogP contribution >= 0.6 is 0 Å². The minimum atomic E-state index is -0.664. The molecule has 3 N–H and O–H groups in total. The van der Waals surface area contributed by atoms with Gasteiger partial charge in [-0.05, 0) is 55.2 Å². The maximum Gasteiger partial charge on any atom is 0.309 e. The number of benzene rings is 1. The van der Waals surface area contributed by atoms with E-state index in [1.54, 1.807) is 0 Å². The zero-order valence-electron chi connectivity index (χ0n) is 9.78. The van der Waals surface area contributed by atoms with Crippen molar-refractivity contribution in [1.29, 1.82) is 0 Å². The summed E-state index contributed by atoms with van der Waals surface area (Å²) >= 11 is 0. The Hall–Kier alpha value is -1.51. The standard InChI is InChI=1S/C14H17NO2/c15-12-7-9(1-4-11(12)10-2-3-10)8-14(5-6-14)13(16)17/h1,4,7,10H,2-3,5-6,8,15H2,(H,16,17). The molecule has 2 saturated carbocycles. The van der Waals surface area contributed by atoms with E-state index in [-0.39, 0.29) is 0 Å². The van der Waals surface area contributed by atoms with Crippen LogP contribution in [0.15, 0.2) is 18.2 Å². The highest BCUT2D eigenvalue weighted by atomic mass is 16.4. The number of hydrogen-bond acceptors (Lipinski definition) is 2. The fourth-order valence-electron chi connectivity index (χ4n) is 2.51. The second-order valence-electron chi connectivity index (χ2n) is 5.50. The molecule has 0 spiro atoms. The molecule has 0 aromatic heterocycles. The first-order valence-electron chi connectivity index (χ1n) is 6.22. The first-order valence-corrected chi connectivity index (χ1v) is 6.22. The highest BCUT2D eigenvalue weighted by molar-refractivity contribution is 5.78. The Kier molecular flexibility index (Phi) is 2.18. The molecule has 3 nitrogen and oxygen atoms in total. The van der Waals surface area contributed by atoms with Crippen LogP contribution in [0.2, 0.25) is 0 Å². The minimum Gasteiger partial charge on any atom is -0.481 e. The minimum absolute atomic E-state index is 0.493. The average Bonchev–Trinajstić information content (AvgIpc) is 3.12. The van der Waals surface area contributed by atoms with Crippen molar-refractivity contribution in [3.63, 3.8) is 0 Å². The van der Waals surface area contributed by atoms with Crippen LogP contribution in [0.1, 0.15) is 42.7 Å². The van der Waals surface area contributed by atoms with Crippen LogP contribution in [0.25, 0.3) is 0 Å². The zero-order chi connectivity index (χ0) is 12.0. The van der Waals surface area contributed by atoms with Gasteiger partial charge in [0.25, 0.3) is 0 Å². The Bertz CT molecular complexity index is 473. The summed E-state index contributed by atoms with van der Waals surface area (Å²) in [6, 6.07) is 6.10. The molecule has 90 valence electrons. The van der Waals surface area contributed by atoms with Gasteiger partial charge in [0.05, 0.1) is 5.41 Å². The van der Waals surface area contributed by atoms with Gasteiger partial charge in [-0.25, -0.2) is 0 Å². The number of carbonyl (C=O) groups is 1. The van der Waals surface area contributed by atoms with Gasteiger partial charge in [-0.2, -0.15) is 0 Å². The van der Waals surface area contributed by atoms with E-state index in [1.807, 2.05) is 12.1 Å². The van der Waals surface area contributed by atoms with Crippen molar-refractivity contribution in [1.82, 2.24) is 0 Å². The number of carboxylic acids is 1. The monoisotopic (exact) mass is 231 g/mol. The van der Waals surface area contributed by atoms with Gasteiger partial charge in [0.1, 0.15) is 0 Å². The summed E-state index contributed by atoms with van der Waals surface area (Å²) in [5, 5.41) is 9.16. The van der Waals surface area contributed by atoms with Gasteiger partial charge in [0.2, 0.25) is 0 Å². The SMILES string of the molecule is Nc1cc(CC2(C(=O)O)CC2)ccc1C1CC1. The van der Waals surface area contributed by atoms with E-state index in [1.165, 1.54) is 18.4 Å². The molecule has 0 saturated heterocycles. The summed E-state index contributed by atoms with van der Waals surface area (Å²) < 4.78 is 0. The zero-order valence-corrected chi connectivity index (χ0v) is 9.78. The molecule has 17 heavy (non-hydrogen) atoms. The molecule has 0 aliphatic heterocycles. The maximum atomic E-state index is 11.1. The summed E-state index contributed by atoms with van der Waals surface area (Å²) in [7, 11) is 0. The van der Waals surface area contributed by atoms with Gasteiger partial charge < -0.3 is 10.8 Å². The molecule has 2 aliphatic rings. The Balaban J connectivity index is 1.80. The third-order valence-corrected chi connectivity index (χ3v) is 4.02. The predicted octanol–water partition coefficient (Wildman–Crippen LogP) is 2.55. The number of nitrogen functional groups attached to an aromatic ring is 1. The van der Waals surface area contributed by atoms with Crippen LogP contribution in [-0.4, -0.2) is 11.1 Å². The summed E-state index contributed by atoms with van der Waals surface area (Å²) in [5.41, 5.74) is 8.68. The van der Waals surface area contributed by atoms with Crippen LogP contribution in [0.3, 0.4) is 0 Å². The van der Waals surface area contributed by atoms with Crippen LogP contribution in [0, 0.1) is 5.41 Å². The fourth-order valence-corrected chi connectivity index (χ4v) is 2.51. The molecule has 0 atom stereocenters. The molecule has 1 aromatic rings. The van der Waals surface area contributed by atoms with Gasteiger partial charge in [-0.1, -0.05) is 12.1 Å². The molecule has 0 bridgehead atoms. The fraction of sp³-hybridized carbons (Fsp3) is 0.500. The maximum absolute atomic E-state index is 11.1. The molecule has 0 unspecified atom stereocenters. The van der Waals surface area contributed by atoms with E-state index in [2.05, 4.69) is 6.07 Å². The van der Waals surface area contributed by atoms with Crippen LogP contribution in [0.5, 0.6) is 0 Å². The molecule has 2 aliphatic carbocycles. The van der Waals surface area contributed by atoms with Crippen molar-refractivity contribution in [2.45, 2.75) is 38.0 Å². The van der Waals surface area contributed by atoms with E-state index in [4.69, 9.17) is 10.8 Å². The molecule has 0 heterocycles. The van der Waals surface area contributed by atoms with Crippen molar-refractivity contribution in [3.05, 3.63) is 29.3 Å². The third-order valence-electron chi connectivity index (χ3n) is 4.02. The molecule has 0 amide bonds. The highest BCUT2D eigenvalue weighted by Gasteiger charge is 2.49.